The minimum Gasteiger partial charge on any atom is -0.478 e. The summed E-state index contributed by atoms with van der Waals surface area (Å²) in [6.45, 7) is 3.04. The number of hydrogen-bond acceptors (Lipinski definition) is 2. The van der Waals surface area contributed by atoms with Crippen LogP contribution in [0.1, 0.15) is 19.8 Å². The van der Waals surface area contributed by atoms with Crippen molar-refractivity contribution in [3.63, 3.8) is 0 Å². The van der Waals surface area contributed by atoms with Gasteiger partial charge in [0, 0.05) is 26.1 Å². The molecule has 0 aliphatic carbocycles. The molecule has 0 atom stereocenters. The molecule has 0 aromatic rings. The highest BCUT2D eigenvalue weighted by molar-refractivity contribution is 5.79. The summed E-state index contributed by atoms with van der Waals surface area (Å²) in [5, 5.41) is 8.43. The largest absolute Gasteiger partial charge is 0.478 e. The zero-order chi connectivity index (χ0) is 10.6. The molecule has 0 saturated carbocycles. The Kier molecular flexibility index (Phi) is 3.68. The van der Waals surface area contributed by atoms with Crippen LogP contribution in [0.4, 0.5) is 0 Å². The number of rotatable bonds is 2. The first-order chi connectivity index (χ1) is 6.59. The van der Waals surface area contributed by atoms with E-state index in [1.165, 1.54) is 6.08 Å². The number of carbonyl (C=O) groups is 2. The first-order valence-electron chi connectivity index (χ1n) is 4.76. The maximum Gasteiger partial charge on any atom is 0.327 e. The number of allylic oxidation sites excluding steroid dienone is 1. The summed E-state index contributed by atoms with van der Waals surface area (Å²) < 4.78 is 0. The molecule has 0 bridgehead atoms. The van der Waals surface area contributed by atoms with Crippen molar-refractivity contribution in [1.29, 1.82) is 0 Å². The lowest BCUT2D eigenvalue weighted by atomic mass is 9.96. The third kappa shape index (κ3) is 3.20. The summed E-state index contributed by atoms with van der Waals surface area (Å²) in [6, 6.07) is 0. The SMILES string of the molecule is CC(=O)N1CCC(C=CC(=O)O)CC1. The molecule has 1 heterocycles. The molecule has 1 fully saturated rings. The number of carboxylic acid groups (broad SMARTS) is 1. The Hall–Kier alpha value is -1.32. The van der Waals surface area contributed by atoms with Crippen molar-refractivity contribution in [2.75, 3.05) is 13.1 Å². The standard InChI is InChI=1S/C10H15NO3/c1-8(12)11-6-4-9(5-7-11)2-3-10(13)14/h2-3,9H,4-7H2,1H3,(H,13,14). The lowest BCUT2D eigenvalue weighted by Crippen LogP contribution is -2.36. The number of nitrogens with zero attached hydrogens (tertiary/aromatic N) is 1. The Morgan fingerprint density at radius 1 is 1.36 bits per heavy atom. The molecule has 4 nitrogen and oxygen atoms in total. The monoisotopic (exact) mass is 197 g/mol. The van der Waals surface area contributed by atoms with Gasteiger partial charge in [0.15, 0.2) is 0 Å². The Balaban J connectivity index is 2.36. The zero-order valence-corrected chi connectivity index (χ0v) is 8.27. The van der Waals surface area contributed by atoms with Crippen LogP contribution in [0.2, 0.25) is 0 Å². The molecule has 4 heteroatoms. The zero-order valence-electron chi connectivity index (χ0n) is 8.27. The lowest BCUT2D eigenvalue weighted by molar-refractivity contribution is -0.132. The molecule has 0 spiro atoms. The molecule has 0 unspecified atom stereocenters. The van der Waals surface area contributed by atoms with Gasteiger partial charge < -0.3 is 10.0 Å². The fourth-order valence-electron chi connectivity index (χ4n) is 1.63. The summed E-state index contributed by atoms with van der Waals surface area (Å²) in [4.78, 5) is 23.0. The number of carboxylic acids is 1. The highest BCUT2D eigenvalue weighted by Gasteiger charge is 2.18. The summed E-state index contributed by atoms with van der Waals surface area (Å²) in [6.07, 6.45) is 4.64. The van der Waals surface area contributed by atoms with Gasteiger partial charge >= 0.3 is 5.97 Å². The number of amides is 1. The molecule has 78 valence electrons. The number of carbonyl (C=O) groups excluding carboxylic acids is 1. The van der Waals surface area contributed by atoms with Crippen LogP contribution < -0.4 is 0 Å². The van der Waals surface area contributed by atoms with Gasteiger partial charge in [-0.15, -0.1) is 0 Å². The molecule has 1 aliphatic heterocycles. The third-order valence-electron chi connectivity index (χ3n) is 2.50. The fourth-order valence-corrected chi connectivity index (χ4v) is 1.63. The predicted molar refractivity (Wildman–Crippen MR) is 51.8 cm³/mol. The van der Waals surface area contributed by atoms with E-state index >= 15 is 0 Å². The van der Waals surface area contributed by atoms with E-state index < -0.39 is 5.97 Å². The van der Waals surface area contributed by atoms with Gasteiger partial charge in [-0.3, -0.25) is 4.79 Å². The van der Waals surface area contributed by atoms with E-state index in [2.05, 4.69) is 0 Å². The fraction of sp³-hybridized carbons (Fsp3) is 0.600. The quantitative estimate of drug-likeness (QED) is 0.669. The first kappa shape index (κ1) is 10.8. The Labute approximate surface area is 83.2 Å². The lowest BCUT2D eigenvalue weighted by Gasteiger charge is -2.29. The topological polar surface area (TPSA) is 57.6 Å². The van der Waals surface area contributed by atoms with E-state index in [1.54, 1.807) is 17.9 Å². The second-order valence-corrected chi connectivity index (χ2v) is 3.54. The molecule has 14 heavy (non-hydrogen) atoms. The van der Waals surface area contributed by atoms with Crippen molar-refractivity contribution in [2.24, 2.45) is 5.92 Å². The van der Waals surface area contributed by atoms with E-state index in [0.29, 0.717) is 5.92 Å². The normalized spacial score (nSPS) is 18.8. The maximum atomic E-state index is 11.0. The highest BCUT2D eigenvalue weighted by atomic mass is 16.4. The number of aliphatic carboxylic acids is 1. The van der Waals surface area contributed by atoms with Crippen molar-refractivity contribution >= 4 is 11.9 Å². The average molecular weight is 197 g/mol. The van der Waals surface area contributed by atoms with Crippen molar-refractivity contribution in [2.45, 2.75) is 19.8 Å². The third-order valence-corrected chi connectivity index (χ3v) is 2.50. The van der Waals surface area contributed by atoms with Gasteiger partial charge in [-0.1, -0.05) is 6.08 Å². The number of hydrogen-bond donors (Lipinski definition) is 1. The van der Waals surface area contributed by atoms with Crippen molar-refractivity contribution in [3.8, 4) is 0 Å². The summed E-state index contributed by atoms with van der Waals surface area (Å²) >= 11 is 0. The second-order valence-electron chi connectivity index (χ2n) is 3.54. The van der Waals surface area contributed by atoms with Crippen LogP contribution in [0.5, 0.6) is 0 Å². The van der Waals surface area contributed by atoms with Gasteiger partial charge in [0.05, 0.1) is 0 Å². The summed E-state index contributed by atoms with van der Waals surface area (Å²) in [7, 11) is 0. The van der Waals surface area contributed by atoms with Crippen LogP contribution in [-0.2, 0) is 9.59 Å². The van der Waals surface area contributed by atoms with Gasteiger partial charge in [0.1, 0.15) is 0 Å². The minimum absolute atomic E-state index is 0.102. The molecule has 1 rings (SSSR count). The molecule has 0 aromatic heterocycles. The van der Waals surface area contributed by atoms with Gasteiger partial charge in [-0.05, 0) is 18.8 Å². The summed E-state index contributed by atoms with van der Waals surface area (Å²) in [5.41, 5.74) is 0. The van der Waals surface area contributed by atoms with Crippen molar-refractivity contribution in [3.05, 3.63) is 12.2 Å². The van der Waals surface area contributed by atoms with Gasteiger partial charge in [0.25, 0.3) is 0 Å². The van der Waals surface area contributed by atoms with E-state index in [9.17, 15) is 9.59 Å². The Morgan fingerprint density at radius 2 is 1.93 bits per heavy atom. The van der Waals surface area contributed by atoms with Crippen LogP contribution in [0, 0.1) is 5.92 Å². The van der Waals surface area contributed by atoms with Crippen LogP contribution in [0.3, 0.4) is 0 Å². The van der Waals surface area contributed by atoms with Crippen LogP contribution in [-0.4, -0.2) is 35.0 Å². The average Bonchev–Trinajstić information content (AvgIpc) is 2.15. The van der Waals surface area contributed by atoms with Gasteiger partial charge in [-0.25, -0.2) is 4.79 Å². The van der Waals surface area contributed by atoms with Crippen LogP contribution in [0.15, 0.2) is 12.2 Å². The molecular formula is C10H15NO3. The smallest absolute Gasteiger partial charge is 0.327 e. The molecule has 1 amide bonds. The molecular weight excluding hydrogens is 182 g/mol. The molecule has 0 aromatic carbocycles. The molecule has 0 radical (unpaired) electrons. The molecule has 1 saturated heterocycles. The first-order valence-corrected chi connectivity index (χ1v) is 4.76. The van der Waals surface area contributed by atoms with Gasteiger partial charge in [0.2, 0.25) is 5.91 Å². The summed E-state index contributed by atoms with van der Waals surface area (Å²) in [5.74, 6) is -0.494. The Morgan fingerprint density at radius 3 is 2.36 bits per heavy atom. The van der Waals surface area contributed by atoms with Crippen molar-refractivity contribution < 1.29 is 14.7 Å². The number of likely N-dealkylation sites (tertiary alicyclic amines) is 1. The Bertz CT molecular complexity index is 252. The van der Waals surface area contributed by atoms with E-state index in [1.807, 2.05) is 0 Å². The number of piperidine rings is 1. The van der Waals surface area contributed by atoms with Crippen LogP contribution in [0.25, 0.3) is 0 Å². The highest BCUT2D eigenvalue weighted by Crippen LogP contribution is 2.18. The maximum absolute atomic E-state index is 11.0. The van der Waals surface area contributed by atoms with Gasteiger partial charge in [-0.2, -0.15) is 0 Å². The predicted octanol–water partition coefficient (Wildman–Crippen LogP) is 0.886. The minimum atomic E-state index is -0.904. The van der Waals surface area contributed by atoms with Crippen molar-refractivity contribution in [1.82, 2.24) is 4.90 Å². The molecule has 1 N–H and O–H groups in total. The second kappa shape index (κ2) is 4.79. The van der Waals surface area contributed by atoms with E-state index in [4.69, 9.17) is 5.11 Å². The van der Waals surface area contributed by atoms with Crippen LogP contribution >= 0.6 is 0 Å². The van der Waals surface area contributed by atoms with E-state index in [0.717, 1.165) is 25.9 Å². The molecule has 1 aliphatic rings. The van der Waals surface area contributed by atoms with E-state index in [-0.39, 0.29) is 5.91 Å².